The first-order valence-electron chi connectivity index (χ1n) is 9.17. The summed E-state index contributed by atoms with van der Waals surface area (Å²) in [5.41, 5.74) is 0.750. The molecule has 1 fully saturated rings. The summed E-state index contributed by atoms with van der Waals surface area (Å²) in [7, 11) is 5.08. The number of likely N-dealkylation sites (tertiary alicyclic amines) is 1. The van der Waals surface area contributed by atoms with Crippen molar-refractivity contribution in [2.75, 3.05) is 34.3 Å². The quantitative estimate of drug-likeness (QED) is 0.460. The van der Waals surface area contributed by atoms with Crippen LogP contribution in [0.2, 0.25) is 0 Å². The summed E-state index contributed by atoms with van der Waals surface area (Å²) in [6, 6.07) is 12.2. The summed E-state index contributed by atoms with van der Waals surface area (Å²) >= 11 is 0. The molecule has 1 aliphatic rings. The Bertz CT molecular complexity index is 957. The molecule has 2 aromatic rings. The van der Waals surface area contributed by atoms with Crippen LogP contribution in [0.4, 0.5) is 4.39 Å². The minimum absolute atomic E-state index is 0.0209. The van der Waals surface area contributed by atoms with E-state index < -0.39 is 29.3 Å². The third kappa shape index (κ3) is 4.00. The number of hydrogen-bond donors (Lipinski definition) is 1. The van der Waals surface area contributed by atoms with Crippen molar-refractivity contribution in [3.63, 3.8) is 0 Å². The Hall–Kier alpha value is -3.19. The molecule has 1 amide bonds. The lowest BCUT2D eigenvalue weighted by Gasteiger charge is -2.26. The monoisotopic (exact) mass is 398 g/mol. The van der Waals surface area contributed by atoms with Crippen molar-refractivity contribution in [1.82, 2.24) is 9.80 Å². The Morgan fingerprint density at radius 2 is 1.86 bits per heavy atom. The van der Waals surface area contributed by atoms with Gasteiger partial charge < -0.3 is 19.6 Å². The lowest BCUT2D eigenvalue weighted by Crippen LogP contribution is -2.35. The van der Waals surface area contributed by atoms with Crippen LogP contribution in [-0.4, -0.2) is 60.9 Å². The van der Waals surface area contributed by atoms with Crippen molar-refractivity contribution >= 4 is 17.4 Å². The first-order chi connectivity index (χ1) is 13.8. The van der Waals surface area contributed by atoms with Gasteiger partial charge in [-0.3, -0.25) is 9.59 Å². The number of nitrogens with zero attached hydrogens (tertiary/aromatic N) is 2. The highest BCUT2D eigenvalue weighted by Crippen LogP contribution is 2.39. The van der Waals surface area contributed by atoms with Crippen LogP contribution in [0.25, 0.3) is 5.76 Å². The van der Waals surface area contributed by atoms with Gasteiger partial charge in [0.1, 0.15) is 5.76 Å². The Balaban J connectivity index is 2.13. The van der Waals surface area contributed by atoms with Crippen LogP contribution in [0.5, 0.6) is 5.75 Å². The highest BCUT2D eigenvalue weighted by Gasteiger charge is 2.45. The summed E-state index contributed by atoms with van der Waals surface area (Å²) in [4.78, 5) is 28.9. The molecular weight excluding hydrogens is 375 g/mol. The number of amides is 1. The average Bonchev–Trinajstić information content (AvgIpc) is 2.97. The molecule has 1 N–H and O–H groups in total. The Labute approximate surface area is 168 Å². The van der Waals surface area contributed by atoms with Gasteiger partial charge in [0, 0.05) is 18.7 Å². The fourth-order valence-corrected chi connectivity index (χ4v) is 3.37. The lowest BCUT2D eigenvalue weighted by atomic mass is 9.95. The maximum absolute atomic E-state index is 14.2. The van der Waals surface area contributed by atoms with Gasteiger partial charge in [0.25, 0.3) is 11.7 Å². The van der Waals surface area contributed by atoms with E-state index in [9.17, 15) is 19.1 Å². The fourth-order valence-electron chi connectivity index (χ4n) is 3.37. The van der Waals surface area contributed by atoms with E-state index in [0.717, 1.165) is 6.07 Å². The number of carbonyl (C=O) groups is 2. The standard InChI is InChI=1S/C22H23FN2O4/c1-24(2)11-12-25-19(14-7-5-4-6-8-14)18(21(27)22(25)28)20(26)15-9-10-17(29-3)16(23)13-15/h4-10,13,19,26H,11-12H2,1-3H3/t19-/m0/s1. The maximum atomic E-state index is 14.2. The molecule has 0 bridgehead atoms. The number of carbonyl (C=O) groups excluding carboxylic acids is 2. The van der Waals surface area contributed by atoms with Gasteiger partial charge in [-0.25, -0.2) is 4.39 Å². The van der Waals surface area contributed by atoms with Crippen LogP contribution < -0.4 is 4.74 Å². The van der Waals surface area contributed by atoms with Crippen molar-refractivity contribution in [2.24, 2.45) is 0 Å². The van der Waals surface area contributed by atoms with Gasteiger partial charge in [0.05, 0.1) is 18.7 Å². The summed E-state index contributed by atoms with van der Waals surface area (Å²) in [6.45, 7) is 0.860. The molecule has 3 rings (SSSR count). The zero-order valence-electron chi connectivity index (χ0n) is 16.6. The molecule has 0 saturated carbocycles. The minimum atomic E-state index is -0.786. The minimum Gasteiger partial charge on any atom is -0.507 e. The summed E-state index contributed by atoms with van der Waals surface area (Å²) < 4.78 is 19.1. The lowest BCUT2D eigenvalue weighted by molar-refractivity contribution is -0.140. The smallest absolute Gasteiger partial charge is 0.295 e. The average molecular weight is 398 g/mol. The number of ketones is 1. The highest BCUT2D eigenvalue weighted by atomic mass is 19.1. The second-order valence-corrected chi connectivity index (χ2v) is 7.06. The number of methoxy groups -OCH3 is 1. The van der Waals surface area contributed by atoms with Gasteiger partial charge in [0.2, 0.25) is 0 Å². The number of aliphatic hydroxyl groups is 1. The van der Waals surface area contributed by atoms with E-state index >= 15 is 0 Å². The molecule has 152 valence electrons. The Kier molecular flexibility index (Phi) is 5.98. The Morgan fingerprint density at radius 1 is 1.17 bits per heavy atom. The van der Waals surface area contributed by atoms with Gasteiger partial charge in [-0.15, -0.1) is 0 Å². The molecule has 0 aromatic heterocycles. The zero-order valence-corrected chi connectivity index (χ0v) is 16.6. The van der Waals surface area contributed by atoms with E-state index in [1.54, 1.807) is 24.3 Å². The van der Waals surface area contributed by atoms with E-state index in [1.807, 2.05) is 25.1 Å². The summed E-state index contributed by atoms with van der Waals surface area (Å²) in [5.74, 6) is -2.53. The maximum Gasteiger partial charge on any atom is 0.295 e. The van der Waals surface area contributed by atoms with E-state index in [0.29, 0.717) is 18.7 Å². The molecule has 1 saturated heterocycles. The molecule has 0 aliphatic carbocycles. The van der Waals surface area contributed by atoms with E-state index in [2.05, 4.69) is 0 Å². The fraction of sp³-hybridized carbons (Fsp3) is 0.273. The second kappa shape index (κ2) is 8.45. The van der Waals surface area contributed by atoms with Gasteiger partial charge in [-0.05, 0) is 37.9 Å². The van der Waals surface area contributed by atoms with Crippen LogP contribution >= 0.6 is 0 Å². The molecule has 2 aromatic carbocycles. The number of benzene rings is 2. The van der Waals surface area contributed by atoms with Gasteiger partial charge in [-0.1, -0.05) is 30.3 Å². The number of Topliss-reactive ketones (excluding diaryl/α,β-unsaturated/α-hetero) is 1. The van der Waals surface area contributed by atoms with E-state index in [1.165, 1.54) is 24.1 Å². The topological polar surface area (TPSA) is 70.1 Å². The molecule has 0 radical (unpaired) electrons. The van der Waals surface area contributed by atoms with Crippen LogP contribution in [0.1, 0.15) is 17.2 Å². The number of aliphatic hydroxyl groups excluding tert-OH is 1. The van der Waals surface area contributed by atoms with Crippen LogP contribution in [-0.2, 0) is 9.59 Å². The summed E-state index contributed by atoms with van der Waals surface area (Å²) in [5, 5.41) is 10.9. The molecule has 1 aliphatic heterocycles. The van der Waals surface area contributed by atoms with Crippen molar-refractivity contribution in [3.05, 3.63) is 71.0 Å². The van der Waals surface area contributed by atoms with E-state index in [-0.39, 0.29) is 16.9 Å². The Morgan fingerprint density at radius 3 is 2.45 bits per heavy atom. The van der Waals surface area contributed by atoms with Gasteiger partial charge >= 0.3 is 0 Å². The van der Waals surface area contributed by atoms with Gasteiger partial charge in [0.15, 0.2) is 11.6 Å². The normalized spacial score (nSPS) is 18.5. The molecule has 0 spiro atoms. The zero-order chi connectivity index (χ0) is 21.1. The van der Waals surface area contributed by atoms with Crippen LogP contribution in [0, 0.1) is 5.82 Å². The molecule has 6 nitrogen and oxygen atoms in total. The number of halogens is 1. The van der Waals surface area contributed by atoms with Crippen LogP contribution in [0.3, 0.4) is 0 Å². The second-order valence-electron chi connectivity index (χ2n) is 7.06. The highest BCUT2D eigenvalue weighted by molar-refractivity contribution is 6.46. The predicted octanol–water partition coefficient (Wildman–Crippen LogP) is 2.82. The molecular formula is C22H23FN2O4. The third-order valence-electron chi connectivity index (χ3n) is 4.87. The van der Waals surface area contributed by atoms with E-state index in [4.69, 9.17) is 4.74 Å². The predicted molar refractivity (Wildman–Crippen MR) is 107 cm³/mol. The summed E-state index contributed by atoms with van der Waals surface area (Å²) in [6.07, 6.45) is 0. The third-order valence-corrected chi connectivity index (χ3v) is 4.87. The molecule has 29 heavy (non-hydrogen) atoms. The van der Waals surface area contributed by atoms with Crippen molar-refractivity contribution < 1.29 is 23.8 Å². The molecule has 1 heterocycles. The van der Waals surface area contributed by atoms with Gasteiger partial charge in [-0.2, -0.15) is 0 Å². The van der Waals surface area contributed by atoms with Crippen molar-refractivity contribution in [2.45, 2.75) is 6.04 Å². The molecule has 1 atom stereocenters. The molecule has 7 heteroatoms. The van der Waals surface area contributed by atoms with Crippen molar-refractivity contribution in [3.8, 4) is 5.75 Å². The SMILES string of the molecule is COc1ccc(C(O)=C2C(=O)C(=O)N(CCN(C)C)[C@H]2c2ccccc2)cc1F. The number of ether oxygens (including phenoxy) is 1. The number of rotatable bonds is 6. The number of hydrogen-bond acceptors (Lipinski definition) is 5. The van der Waals surface area contributed by atoms with Crippen molar-refractivity contribution in [1.29, 1.82) is 0 Å². The first-order valence-corrected chi connectivity index (χ1v) is 9.17. The van der Waals surface area contributed by atoms with Crippen LogP contribution in [0.15, 0.2) is 54.1 Å². The first kappa shape index (κ1) is 20.5. The largest absolute Gasteiger partial charge is 0.507 e. The molecule has 0 unspecified atom stereocenters. The number of likely N-dealkylation sites (N-methyl/N-ethyl adjacent to an activating group) is 1.